The van der Waals surface area contributed by atoms with Crippen LogP contribution in [0.1, 0.15) is 24.2 Å². The van der Waals surface area contributed by atoms with Gasteiger partial charge in [0.2, 0.25) is 11.8 Å². The lowest BCUT2D eigenvalue weighted by Gasteiger charge is -2.20. The van der Waals surface area contributed by atoms with Gasteiger partial charge in [0.15, 0.2) is 0 Å². The van der Waals surface area contributed by atoms with E-state index in [0.29, 0.717) is 40.1 Å². The van der Waals surface area contributed by atoms with Crippen molar-refractivity contribution in [2.45, 2.75) is 26.4 Å². The van der Waals surface area contributed by atoms with E-state index in [-0.39, 0.29) is 12.5 Å². The molecule has 22 heavy (non-hydrogen) atoms. The summed E-state index contributed by atoms with van der Waals surface area (Å²) in [6.45, 7) is 2.72. The van der Waals surface area contributed by atoms with Crippen molar-refractivity contribution in [3.8, 4) is 5.88 Å². The van der Waals surface area contributed by atoms with Gasteiger partial charge in [0, 0.05) is 23.6 Å². The summed E-state index contributed by atoms with van der Waals surface area (Å²) in [7, 11) is 0. The molecular weight excluding hydrogens is 325 g/mol. The Hall–Kier alpha value is -1.72. The zero-order valence-electron chi connectivity index (χ0n) is 12.0. The van der Waals surface area contributed by atoms with Crippen molar-refractivity contribution in [1.82, 2.24) is 9.97 Å². The van der Waals surface area contributed by atoms with Crippen LogP contribution >= 0.6 is 23.2 Å². The molecule has 116 valence electrons. The highest BCUT2D eigenvalue weighted by Crippen LogP contribution is 2.36. The van der Waals surface area contributed by atoms with E-state index in [1.54, 1.807) is 23.2 Å². The standard InChI is InChI=1S/C15H15Cl2N3O2/c1-9-18-7-13(19-9)22-8-10-11(16)4-5-12(15(10)17)20-6-2-3-14(20)21/h4-5,7H,2-3,6,8H2,1H3,(H,18,19). The molecule has 1 fully saturated rings. The van der Waals surface area contributed by atoms with Crippen LogP contribution in [0, 0.1) is 6.92 Å². The number of amides is 1. The number of halogens is 2. The highest BCUT2D eigenvalue weighted by Gasteiger charge is 2.25. The summed E-state index contributed by atoms with van der Waals surface area (Å²) >= 11 is 12.7. The molecule has 0 bridgehead atoms. The summed E-state index contributed by atoms with van der Waals surface area (Å²) < 4.78 is 5.63. The van der Waals surface area contributed by atoms with Crippen molar-refractivity contribution >= 4 is 34.8 Å². The molecular formula is C15H15Cl2N3O2. The van der Waals surface area contributed by atoms with E-state index < -0.39 is 0 Å². The maximum Gasteiger partial charge on any atom is 0.227 e. The molecule has 2 aromatic rings. The number of benzene rings is 1. The molecule has 1 aliphatic heterocycles. The monoisotopic (exact) mass is 339 g/mol. The van der Waals surface area contributed by atoms with Crippen LogP contribution in [0.25, 0.3) is 0 Å². The fourth-order valence-corrected chi connectivity index (χ4v) is 3.03. The van der Waals surface area contributed by atoms with Crippen molar-refractivity contribution in [3.05, 3.63) is 39.8 Å². The molecule has 1 aliphatic rings. The molecule has 2 heterocycles. The van der Waals surface area contributed by atoms with Gasteiger partial charge in [-0.3, -0.25) is 4.79 Å². The molecule has 1 amide bonds. The van der Waals surface area contributed by atoms with Crippen molar-refractivity contribution in [3.63, 3.8) is 0 Å². The number of aryl methyl sites for hydroxylation is 1. The number of anilines is 1. The first-order valence-electron chi connectivity index (χ1n) is 6.98. The first-order chi connectivity index (χ1) is 10.6. The van der Waals surface area contributed by atoms with Gasteiger partial charge in [-0.25, -0.2) is 4.98 Å². The summed E-state index contributed by atoms with van der Waals surface area (Å²) in [6.07, 6.45) is 3.00. The number of carbonyl (C=O) groups is 1. The molecule has 3 rings (SSSR count). The molecule has 1 aromatic carbocycles. The van der Waals surface area contributed by atoms with Gasteiger partial charge >= 0.3 is 0 Å². The number of H-pyrrole nitrogens is 1. The molecule has 1 aromatic heterocycles. The van der Waals surface area contributed by atoms with Crippen molar-refractivity contribution in [1.29, 1.82) is 0 Å². The zero-order valence-corrected chi connectivity index (χ0v) is 13.5. The number of nitrogens with zero attached hydrogens (tertiary/aromatic N) is 2. The first-order valence-corrected chi connectivity index (χ1v) is 7.73. The summed E-state index contributed by atoms with van der Waals surface area (Å²) in [5.41, 5.74) is 1.35. The van der Waals surface area contributed by atoms with E-state index >= 15 is 0 Å². The Labute approximate surface area is 138 Å². The van der Waals surface area contributed by atoms with Crippen molar-refractivity contribution in [2.75, 3.05) is 11.4 Å². The van der Waals surface area contributed by atoms with Crippen molar-refractivity contribution < 1.29 is 9.53 Å². The minimum atomic E-state index is 0.0836. The van der Waals surface area contributed by atoms with Crippen LogP contribution in [0.3, 0.4) is 0 Å². The highest BCUT2D eigenvalue weighted by atomic mass is 35.5. The van der Waals surface area contributed by atoms with Crippen molar-refractivity contribution in [2.24, 2.45) is 0 Å². The Morgan fingerprint density at radius 2 is 2.23 bits per heavy atom. The second-order valence-electron chi connectivity index (χ2n) is 5.13. The van der Waals surface area contributed by atoms with Crippen LogP contribution in [0.15, 0.2) is 18.3 Å². The maximum atomic E-state index is 11.9. The minimum Gasteiger partial charge on any atom is -0.473 e. The van der Waals surface area contributed by atoms with E-state index in [9.17, 15) is 4.79 Å². The lowest BCUT2D eigenvalue weighted by Crippen LogP contribution is -2.24. The van der Waals surface area contributed by atoms with Crippen LogP contribution in [0.5, 0.6) is 5.88 Å². The summed E-state index contributed by atoms with van der Waals surface area (Å²) in [4.78, 5) is 20.6. The second kappa shape index (κ2) is 6.18. The molecule has 1 saturated heterocycles. The third kappa shape index (κ3) is 2.91. The third-order valence-electron chi connectivity index (χ3n) is 3.58. The molecule has 0 atom stereocenters. The normalized spacial score (nSPS) is 14.7. The smallest absolute Gasteiger partial charge is 0.227 e. The van der Waals surface area contributed by atoms with E-state index in [2.05, 4.69) is 9.97 Å². The first kappa shape index (κ1) is 15.2. The molecule has 1 N–H and O–H groups in total. The van der Waals surface area contributed by atoms with Gasteiger partial charge in [0.1, 0.15) is 12.4 Å². The van der Waals surface area contributed by atoms with E-state index in [1.807, 2.05) is 6.92 Å². The lowest BCUT2D eigenvalue weighted by atomic mass is 10.2. The van der Waals surface area contributed by atoms with Gasteiger partial charge in [0.25, 0.3) is 0 Å². The zero-order chi connectivity index (χ0) is 15.7. The van der Waals surface area contributed by atoms with Gasteiger partial charge in [-0.15, -0.1) is 0 Å². The quantitative estimate of drug-likeness (QED) is 0.923. The fraction of sp³-hybridized carbons (Fsp3) is 0.333. The van der Waals surface area contributed by atoms with E-state index in [1.165, 1.54) is 0 Å². The van der Waals surface area contributed by atoms with Crippen LogP contribution in [0.2, 0.25) is 10.0 Å². The average molecular weight is 340 g/mol. The number of hydrogen-bond acceptors (Lipinski definition) is 3. The summed E-state index contributed by atoms with van der Waals surface area (Å²) in [5.74, 6) is 1.40. The molecule has 0 saturated carbocycles. The predicted molar refractivity (Wildman–Crippen MR) is 85.7 cm³/mol. The minimum absolute atomic E-state index is 0.0836. The SMILES string of the molecule is Cc1ncc(OCc2c(Cl)ccc(N3CCCC3=O)c2Cl)[nH]1. The highest BCUT2D eigenvalue weighted by molar-refractivity contribution is 6.38. The molecule has 0 radical (unpaired) electrons. The number of ether oxygens (including phenoxy) is 1. The topological polar surface area (TPSA) is 58.2 Å². The number of carbonyl (C=O) groups excluding carboxylic acids is 1. The van der Waals surface area contributed by atoms with Gasteiger partial charge < -0.3 is 14.6 Å². The second-order valence-corrected chi connectivity index (χ2v) is 5.91. The van der Waals surface area contributed by atoms with Crippen LogP contribution in [-0.4, -0.2) is 22.4 Å². The Balaban J connectivity index is 1.85. The van der Waals surface area contributed by atoms with E-state index in [0.717, 1.165) is 12.2 Å². The Morgan fingerprint density at radius 1 is 1.41 bits per heavy atom. The Bertz CT molecular complexity index is 715. The number of rotatable bonds is 4. The van der Waals surface area contributed by atoms with Crippen LogP contribution in [0.4, 0.5) is 5.69 Å². The van der Waals surface area contributed by atoms with Gasteiger partial charge in [-0.1, -0.05) is 23.2 Å². The third-order valence-corrected chi connectivity index (χ3v) is 4.36. The predicted octanol–water partition coefficient (Wildman–Crippen LogP) is 3.73. The molecule has 5 nitrogen and oxygen atoms in total. The Kier molecular flexibility index (Phi) is 4.27. The molecule has 7 heteroatoms. The van der Waals surface area contributed by atoms with Crippen LogP contribution < -0.4 is 9.64 Å². The van der Waals surface area contributed by atoms with Gasteiger partial charge in [-0.2, -0.15) is 0 Å². The van der Waals surface area contributed by atoms with E-state index in [4.69, 9.17) is 27.9 Å². The number of hydrogen-bond donors (Lipinski definition) is 1. The van der Waals surface area contributed by atoms with Gasteiger partial charge in [-0.05, 0) is 25.5 Å². The number of imidazole rings is 1. The number of nitrogens with one attached hydrogen (secondary N) is 1. The summed E-state index contributed by atoms with van der Waals surface area (Å²) in [5, 5.41) is 0.968. The Morgan fingerprint density at radius 3 is 2.86 bits per heavy atom. The maximum absolute atomic E-state index is 11.9. The number of aromatic nitrogens is 2. The van der Waals surface area contributed by atoms with Gasteiger partial charge in [0.05, 0.1) is 16.9 Å². The fourth-order valence-electron chi connectivity index (χ4n) is 2.45. The number of aromatic amines is 1. The molecule has 0 aliphatic carbocycles. The lowest BCUT2D eigenvalue weighted by molar-refractivity contribution is -0.117. The molecule has 0 unspecified atom stereocenters. The summed E-state index contributed by atoms with van der Waals surface area (Å²) in [6, 6.07) is 3.52. The molecule has 0 spiro atoms. The largest absolute Gasteiger partial charge is 0.473 e. The van der Waals surface area contributed by atoms with Crippen LogP contribution in [-0.2, 0) is 11.4 Å². The average Bonchev–Trinajstić information content (AvgIpc) is 3.08.